The third-order valence-electron chi connectivity index (χ3n) is 3.42. The van der Waals surface area contributed by atoms with Crippen molar-refractivity contribution in [2.24, 2.45) is 0 Å². The van der Waals surface area contributed by atoms with Crippen LogP contribution in [0.5, 0.6) is 0 Å². The summed E-state index contributed by atoms with van der Waals surface area (Å²) in [5.41, 5.74) is 4.01. The number of aryl methyl sites for hydroxylation is 1. The highest BCUT2D eigenvalue weighted by Gasteiger charge is 2.10. The first-order chi connectivity index (χ1) is 10.1. The van der Waals surface area contributed by atoms with Gasteiger partial charge in [0.15, 0.2) is 5.78 Å². The zero-order valence-corrected chi connectivity index (χ0v) is 12.8. The van der Waals surface area contributed by atoms with Gasteiger partial charge in [0, 0.05) is 24.0 Å². The molecule has 0 aliphatic rings. The second-order valence-electron chi connectivity index (χ2n) is 5.09. The molecule has 2 rings (SSSR count). The van der Waals surface area contributed by atoms with Gasteiger partial charge in [0.05, 0.1) is 0 Å². The van der Waals surface area contributed by atoms with E-state index < -0.39 is 0 Å². The molecule has 0 amide bonds. The first-order valence-corrected chi connectivity index (χ1v) is 7.23. The van der Waals surface area contributed by atoms with Gasteiger partial charge in [-0.3, -0.25) is 4.79 Å². The molecule has 0 N–H and O–H groups in total. The summed E-state index contributed by atoms with van der Waals surface area (Å²) in [7, 11) is 0. The summed E-state index contributed by atoms with van der Waals surface area (Å²) >= 11 is 0. The van der Waals surface area contributed by atoms with Crippen LogP contribution in [-0.4, -0.2) is 12.3 Å². The Balaban J connectivity index is 2.42. The normalized spacial score (nSPS) is 11.3. The van der Waals surface area contributed by atoms with Crippen molar-refractivity contribution in [2.75, 3.05) is 11.4 Å². The van der Waals surface area contributed by atoms with Gasteiger partial charge in [-0.15, -0.1) is 0 Å². The van der Waals surface area contributed by atoms with Crippen molar-refractivity contribution in [3.05, 3.63) is 71.9 Å². The van der Waals surface area contributed by atoms with Crippen LogP contribution in [0.25, 0.3) is 5.57 Å². The fourth-order valence-corrected chi connectivity index (χ4v) is 2.30. The molecule has 0 unspecified atom stereocenters. The van der Waals surface area contributed by atoms with Crippen LogP contribution < -0.4 is 4.90 Å². The Morgan fingerprint density at radius 2 is 1.81 bits per heavy atom. The van der Waals surface area contributed by atoms with Crippen LogP contribution >= 0.6 is 0 Å². The van der Waals surface area contributed by atoms with E-state index in [2.05, 4.69) is 36.9 Å². The highest BCUT2D eigenvalue weighted by Crippen LogP contribution is 2.21. The van der Waals surface area contributed by atoms with Gasteiger partial charge in [0.2, 0.25) is 0 Å². The number of nitrogens with zero attached hydrogens (tertiary/aromatic N) is 1. The third kappa shape index (κ3) is 3.82. The van der Waals surface area contributed by atoms with Gasteiger partial charge in [-0.2, -0.15) is 0 Å². The van der Waals surface area contributed by atoms with Gasteiger partial charge in [-0.05, 0) is 44.0 Å². The van der Waals surface area contributed by atoms with Crippen molar-refractivity contribution in [1.29, 1.82) is 0 Å². The lowest BCUT2D eigenvalue weighted by molar-refractivity contribution is -0.111. The van der Waals surface area contributed by atoms with Crippen LogP contribution in [0.4, 0.5) is 5.69 Å². The second kappa shape index (κ2) is 6.89. The van der Waals surface area contributed by atoms with Crippen LogP contribution in [0.3, 0.4) is 0 Å². The van der Waals surface area contributed by atoms with Crippen molar-refractivity contribution in [2.45, 2.75) is 20.8 Å². The molecule has 0 aromatic heterocycles. The van der Waals surface area contributed by atoms with E-state index >= 15 is 0 Å². The molecule has 0 heterocycles. The van der Waals surface area contributed by atoms with Crippen LogP contribution in [0.15, 0.2) is 60.8 Å². The van der Waals surface area contributed by atoms with Gasteiger partial charge in [0.1, 0.15) is 0 Å². The number of anilines is 1. The van der Waals surface area contributed by atoms with E-state index in [1.165, 1.54) is 5.56 Å². The first kappa shape index (κ1) is 15.0. The third-order valence-corrected chi connectivity index (χ3v) is 3.42. The molecule has 0 spiro atoms. The molecule has 2 aromatic carbocycles. The number of allylic oxidation sites excluding steroid dienone is 1. The molecule has 21 heavy (non-hydrogen) atoms. The molecule has 2 heteroatoms. The first-order valence-electron chi connectivity index (χ1n) is 7.23. The summed E-state index contributed by atoms with van der Waals surface area (Å²) < 4.78 is 0. The number of benzene rings is 2. The second-order valence-corrected chi connectivity index (χ2v) is 5.09. The van der Waals surface area contributed by atoms with Crippen molar-refractivity contribution >= 4 is 17.0 Å². The molecule has 2 aromatic rings. The summed E-state index contributed by atoms with van der Waals surface area (Å²) in [5, 5.41) is 0. The molecule has 0 aliphatic heterocycles. The quantitative estimate of drug-likeness (QED) is 0.754. The minimum atomic E-state index is 0.0762. The SMILES string of the molecule is CCN(/C=C(\C(C)=O)c1ccccc1)c1cccc(C)c1. The monoisotopic (exact) mass is 279 g/mol. The van der Waals surface area contributed by atoms with E-state index in [1.807, 2.05) is 42.6 Å². The molecule has 2 nitrogen and oxygen atoms in total. The van der Waals surface area contributed by atoms with E-state index in [1.54, 1.807) is 6.92 Å². The van der Waals surface area contributed by atoms with Crippen LogP contribution in [0, 0.1) is 6.92 Å². The minimum absolute atomic E-state index is 0.0762. The van der Waals surface area contributed by atoms with Crippen molar-refractivity contribution in [3.8, 4) is 0 Å². The minimum Gasteiger partial charge on any atom is -0.348 e. The molecule has 0 fully saturated rings. The van der Waals surface area contributed by atoms with Crippen LogP contribution in [0.1, 0.15) is 25.0 Å². The standard InChI is InChI=1S/C19H21NO/c1-4-20(18-12-8-9-15(2)13-18)14-19(16(3)21)17-10-6-5-7-11-17/h5-14H,4H2,1-3H3/b19-14+. The number of carbonyl (C=O) groups is 1. The van der Waals surface area contributed by atoms with E-state index in [-0.39, 0.29) is 5.78 Å². The summed E-state index contributed by atoms with van der Waals surface area (Å²) in [5.74, 6) is 0.0762. The number of carbonyl (C=O) groups excluding carboxylic acids is 1. The van der Waals surface area contributed by atoms with Crippen LogP contribution in [0.2, 0.25) is 0 Å². The molecule has 108 valence electrons. The number of ketones is 1. The fraction of sp³-hybridized carbons (Fsp3) is 0.211. The Bertz CT molecular complexity index is 644. The fourth-order valence-electron chi connectivity index (χ4n) is 2.30. The Labute approximate surface area is 126 Å². The average molecular weight is 279 g/mol. The lowest BCUT2D eigenvalue weighted by atomic mass is 10.0. The molecular formula is C19H21NO. The maximum absolute atomic E-state index is 12.0. The predicted octanol–water partition coefficient (Wildman–Crippen LogP) is 4.45. The maximum atomic E-state index is 12.0. The number of hydrogen-bond donors (Lipinski definition) is 0. The van der Waals surface area contributed by atoms with Crippen molar-refractivity contribution in [3.63, 3.8) is 0 Å². The van der Waals surface area contributed by atoms with E-state index in [0.29, 0.717) is 0 Å². The summed E-state index contributed by atoms with van der Waals surface area (Å²) in [4.78, 5) is 14.1. The van der Waals surface area contributed by atoms with Crippen molar-refractivity contribution < 1.29 is 4.79 Å². The summed E-state index contributed by atoms with van der Waals surface area (Å²) in [6.07, 6.45) is 1.95. The Hall–Kier alpha value is -2.35. The highest BCUT2D eigenvalue weighted by atomic mass is 16.1. The molecule has 0 saturated carbocycles. The molecule has 0 bridgehead atoms. The molecular weight excluding hydrogens is 258 g/mol. The van der Waals surface area contributed by atoms with Gasteiger partial charge in [0.25, 0.3) is 0 Å². The largest absolute Gasteiger partial charge is 0.348 e. The molecule has 0 radical (unpaired) electrons. The number of rotatable bonds is 5. The summed E-state index contributed by atoms with van der Waals surface area (Å²) in [6.45, 7) is 6.59. The van der Waals surface area contributed by atoms with E-state index in [0.717, 1.165) is 23.4 Å². The maximum Gasteiger partial charge on any atom is 0.161 e. The Morgan fingerprint density at radius 1 is 1.10 bits per heavy atom. The van der Waals surface area contributed by atoms with E-state index in [9.17, 15) is 4.79 Å². The molecule has 0 saturated heterocycles. The lowest BCUT2D eigenvalue weighted by Crippen LogP contribution is -2.17. The number of Topliss-reactive ketones (excluding diaryl/α,β-unsaturated/α-hetero) is 1. The molecule has 0 atom stereocenters. The van der Waals surface area contributed by atoms with Gasteiger partial charge < -0.3 is 4.90 Å². The molecule has 0 aliphatic carbocycles. The Kier molecular flexibility index (Phi) is 4.94. The van der Waals surface area contributed by atoms with Crippen molar-refractivity contribution in [1.82, 2.24) is 0 Å². The van der Waals surface area contributed by atoms with Crippen LogP contribution in [-0.2, 0) is 4.79 Å². The van der Waals surface area contributed by atoms with Gasteiger partial charge in [-0.25, -0.2) is 0 Å². The predicted molar refractivity (Wildman–Crippen MR) is 89.3 cm³/mol. The lowest BCUT2D eigenvalue weighted by Gasteiger charge is -2.20. The number of hydrogen-bond acceptors (Lipinski definition) is 2. The summed E-state index contributed by atoms with van der Waals surface area (Å²) in [6, 6.07) is 18.1. The highest BCUT2D eigenvalue weighted by molar-refractivity contribution is 6.19. The topological polar surface area (TPSA) is 20.3 Å². The smallest absolute Gasteiger partial charge is 0.161 e. The van der Waals surface area contributed by atoms with Gasteiger partial charge in [-0.1, -0.05) is 42.5 Å². The average Bonchev–Trinajstić information content (AvgIpc) is 2.49. The Morgan fingerprint density at radius 3 is 2.38 bits per heavy atom. The van der Waals surface area contributed by atoms with E-state index in [4.69, 9.17) is 0 Å². The van der Waals surface area contributed by atoms with Gasteiger partial charge >= 0.3 is 0 Å². The zero-order valence-electron chi connectivity index (χ0n) is 12.8. The zero-order chi connectivity index (χ0) is 15.2.